The molecule has 1 atom stereocenters. The summed E-state index contributed by atoms with van der Waals surface area (Å²) in [7, 11) is 0. The van der Waals surface area contributed by atoms with Gasteiger partial charge in [-0.3, -0.25) is 9.69 Å². The number of nitrogens with zero attached hydrogens (tertiary/aromatic N) is 2. The summed E-state index contributed by atoms with van der Waals surface area (Å²) in [5.41, 5.74) is 6.05. The van der Waals surface area contributed by atoms with Crippen LogP contribution < -0.4 is 5.73 Å². The van der Waals surface area contributed by atoms with Crippen molar-refractivity contribution in [2.45, 2.75) is 19.4 Å². The van der Waals surface area contributed by atoms with Gasteiger partial charge in [0, 0.05) is 18.5 Å². The van der Waals surface area contributed by atoms with E-state index in [1.54, 1.807) is 5.38 Å². The molecule has 1 aliphatic rings. The van der Waals surface area contributed by atoms with E-state index in [1.807, 2.05) is 0 Å². The molecule has 1 aromatic heterocycles. The van der Waals surface area contributed by atoms with Crippen molar-refractivity contribution in [3.63, 3.8) is 0 Å². The number of carboxylic acid groups (broad SMARTS) is 1. The van der Waals surface area contributed by atoms with Crippen LogP contribution in [0.2, 0.25) is 0 Å². The Morgan fingerprint density at radius 1 is 1.61 bits per heavy atom. The van der Waals surface area contributed by atoms with Gasteiger partial charge in [0.15, 0.2) is 0 Å². The highest BCUT2D eigenvalue weighted by Crippen LogP contribution is 2.19. The Morgan fingerprint density at radius 3 is 3.00 bits per heavy atom. The van der Waals surface area contributed by atoms with Crippen molar-refractivity contribution in [1.82, 2.24) is 9.88 Å². The molecule has 2 heterocycles. The quantitative estimate of drug-likeness (QED) is 0.831. The first-order valence-electron chi connectivity index (χ1n) is 5.75. The zero-order valence-corrected chi connectivity index (χ0v) is 10.7. The van der Waals surface area contributed by atoms with E-state index in [2.05, 4.69) is 9.88 Å². The van der Waals surface area contributed by atoms with E-state index in [9.17, 15) is 9.59 Å². The third-order valence-electron chi connectivity index (χ3n) is 3.03. The molecule has 3 N–H and O–H groups in total. The van der Waals surface area contributed by atoms with E-state index in [1.165, 1.54) is 0 Å². The van der Waals surface area contributed by atoms with Crippen LogP contribution in [0.5, 0.6) is 0 Å². The van der Waals surface area contributed by atoms with Crippen molar-refractivity contribution in [3.05, 3.63) is 16.1 Å². The fourth-order valence-corrected chi connectivity index (χ4v) is 2.78. The van der Waals surface area contributed by atoms with Crippen LogP contribution in [0.25, 0.3) is 0 Å². The fraction of sp³-hybridized carbons (Fsp3) is 0.545. The van der Waals surface area contributed by atoms with Crippen LogP contribution in [0, 0.1) is 5.92 Å². The molecule has 1 amide bonds. The maximum absolute atomic E-state index is 11.2. The number of carbonyl (C=O) groups excluding carboxylic acids is 1. The van der Waals surface area contributed by atoms with Crippen LogP contribution in [0.3, 0.4) is 0 Å². The predicted molar refractivity (Wildman–Crippen MR) is 66.3 cm³/mol. The van der Waals surface area contributed by atoms with Crippen molar-refractivity contribution in [2.24, 2.45) is 11.7 Å². The molecule has 1 aliphatic heterocycles. The third kappa shape index (κ3) is 3.05. The van der Waals surface area contributed by atoms with Gasteiger partial charge in [0.1, 0.15) is 0 Å². The van der Waals surface area contributed by atoms with Crippen LogP contribution in [0.15, 0.2) is 5.38 Å². The van der Waals surface area contributed by atoms with Gasteiger partial charge in [0.2, 0.25) is 10.9 Å². The van der Waals surface area contributed by atoms with Gasteiger partial charge in [0.25, 0.3) is 0 Å². The number of thiazole rings is 1. The molecule has 0 bridgehead atoms. The van der Waals surface area contributed by atoms with Crippen LogP contribution in [-0.2, 0) is 11.3 Å². The summed E-state index contributed by atoms with van der Waals surface area (Å²) in [5.74, 6) is -1.36. The number of rotatable bonds is 4. The lowest BCUT2D eigenvalue weighted by Gasteiger charge is -2.30. The van der Waals surface area contributed by atoms with Crippen molar-refractivity contribution < 1.29 is 14.7 Å². The number of likely N-dealkylation sites (tertiary alicyclic amines) is 1. The monoisotopic (exact) mass is 269 g/mol. The molecule has 7 heteroatoms. The molecule has 98 valence electrons. The molecule has 0 aliphatic carbocycles. The lowest BCUT2D eigenvalue weighted by Crippen LogP contribution is -2.40. The third-order valence-corrected chi connectivity index (χ3v) is 3.91. The highest BCUT2D eigenvalue weighted by Gasteiger charge is 2.24. The molecule has 1 aromatic rings. The molecule has 1 saturated heterocycles. The van der Waals surface area contributed by atoms with Gasteiger partial charge in [-0.15, -0.1) is 11.3 Å². The number of hydrogen-bond donors (Lipinski definition) is 2. The average molecular weight is 269 g/mol. The highest BCUT2D eigenvalue weighted by molar-refractivity contribution is 7.11. The minimum atomic E-state index is -1.00. The minimum absolute atomic E-state index is 0.101. The van der Waals surface area contributed by atoms with E-state index < -0.39 is 5.97 Å². The average Bonchev–Trinajstić information content (AvgIpc) is 2.78. The topological polar surface area (TPSA) is 96.5 Å². The van der Waals surface area contributed by atoms with Gasteiger partial charge < -0.3 is 10.8 Å². The van der Waals surface area contributed by atoms with Crippen LogP contribution >= 0.6 is 11.3 Å². The van der Waals surface area contributed by atoms with Gasteiger partial charge in [-0.2, -0.15) is 0 Å². The van der Waals surface area contributed by atoms with E-state index in [0.717, 1.165) is 36.4 Å². The molecular formula is C11H15N3O3S. The second-order valence-corrected chi connectivity index (χ2v) is 5.28. The Bertz CT molecular complexity index is 460. The number of aromatic nitrogens is 1. The normalized spacial score (nSPS) is 20.8. The van der Waals surface area contributed by atoms with E-state index in [-0.39, 0.29) is 16.8 Å². The Labute approximate surface area is 108 Å². The number of hydrogen-bond acceptors (Lipinski definition) is 5. The molecule has 0 saturated carbocycles. The number of primary amides is 1. The summed E-state index contributed by atoms with van der Waals surface area (Å²) in [6, 6.07) is 0. The first kappa shape index (κ1) is 13.0. The van der Waals surface area contributed by atoms with Crippen LogP contribution in [0.1, 0.15) is 28.3 Å². The maximum atomic E-state index is 11.2. The SMILES string of the molecule is NC(=O)C1CCCN(Cc2csc(C(=O)O)n2)C1. The van der Waals surface area contributed by atoms with Crippen molar-refractivity contribution >= 4 is 23.2 Å². The number of carboxylic acids is 1. The van der Waals surface area contributed by atoms with Crippen molar-refractivity contribution in [2.75, 3.05) is 13.1 Å². The van der Waals surface area contributed by atoms with Gasteiger partial charge in [-0.05, 0) is 19.4 Å². The second kappa shape index (κ2) is 5.45. The zero-order chi connectivity index (χ0) is 13.1. The molecule has 0 spiro atoms. The van der Waals surface area contributed by atoms with Gasteiger partial charge in [-0.25, -0.2) is 9.78 Å². The Morgan fingerprint density at radius 2 is 2.39 bits per heavy atom. The summed E-state index contributed by atoms with van der Waals surface area (Å²) < 4.78 is 0. The lowest BCUT2D eigenvalue weighted by atomic mass is 9.97. The second-order valence-electron chi connectivity index (χ2n) is 4.43. The van der Waals surface area contributed by atoms with Gasteiger partial charge in [0.05, 0.1) is 11.6 Å². The largest absolute Gasteiger partial charge is 0.476 e. The van der Waals surface area contributed by atoms with Crippen molar-refractivity contribution in [3.8, 4) is 0 Å². The predicted octanol–water partition coefficient (Wildman–Crippen LogP) is 0.539. The molecule has 1 unspecified atom stereocenters. The van der Waals surface area contributed by atoms with Crippen LogP contribution in [0.4, 0.5) is 0 Å². The summed E-state index contributed by atoms with van der Waals surface area (Å²) >= 11 is 1.12. The number of aromatic carboxylic acids is 1. The van der Waals surface area contributed by atoms with E-state index in [0.29, 0.717) is 13.1 Å². The maximum Gasteiger partial charge on any atom is 0.365 e. The van der Waals surface area contributed by atoms with E-state index >= 15 is 0 Å². The van der Waals surface area contributed by atoms with Crippen molar-refractivity contribution in [1.29, 1.82) is 0 Å². The molecule has 0 aromatic carbocycles. The molecule has 0 radical (unpaired) electrons. The van der Waals surface area contributed by atoms with E-state index in [4.69, 9.17) is 10.8 Å². The molecule has 1 fully saturated rings. The fourth-order valence-electron chi connectivity index (χ4n) is 2.14. The summed E-state index contributed by atoms with van der Waals surface area (Å²) in [6.45, 7) is 2.10. The van der Waals surface area contributed by atoms with Crippen LogP contribution in [-0.4, -0.2) is 40.0 Å². The molecule has 2 rings (SSSR count). The Balaban J connectivity index is 1.96. The summed E-state index contributed by atoms with van der Waals surface area (Å²) in [4.78, 5) is 28.0. The summed E-state index contributed by atoms with van der Waals surface area (Å²) in [6.07, 6.45) is 1.77. The Kier molecular flexibility index (Phi) is 3.93. The highest BCUT2D eigenvalue weighted by atomic mass is 32.1. The standard InChI is InChI=1S/C11H15N3O3S/c12-9(15)7-2-1-3-14(4-7)5-8-6-18-10(13-8)11(16)17/h6-7H,1-5H2,(H2,12,15)(H,16,17). The van der Waals surface area contributed by atoms with Gasteiger partial charge >= 0.3 is 5.97 Å². The number of amides is 1. The smallest absolute Gasteiger partial charge is 0.365 e. The first-order chi connectivity index (χ1) is 8.56. The zero-order valence-electron chi connectivity index (χ0n) is 9.83. The number of nitrogens with two attached hydrogens (primary N) is 1. The molecular weight excluding hydrogens is 254 g/mol. The number of piperidine rings is 1. The number of carbonyl (C=O) groups is 2. The Hall–Kier alpha value is -1.47. The lowest BCUT2D eigenvalue weighted by molar-refractivity contribution is -0.123. The molecule has 18 heavy (non-hydrogen) atoms. The summed E-state index contributed by atoms with van der Waals surface area (Å²) in [5, 5.41) is 10.6. The first-order valence-corrected chi connectivity index (χ1v) is 6.63. The minimum Gasteiger partial charge on any atom is -0.476 e. The van der Waals surface area contributed by atoms with Gasteiger partial charge in [-0.1, -0.05) is 0 Å². The molecule has 6 nitrogen and oxygen atoms in total.